The smallest absolute Gasteiger partial charge is 0.147 e. The molecule has 0 atom stereocenters. The molecule has 0 aliphatic rings. The Morgan fingerprint density at radius 2 is 1.05 bits per heavy atom. The number of hydrogen-bond donors (Lipinski definition) is 0. The van der Waals surface area contributed by atoms with Crippen molar-refractivity contribution in [2.24, 2.45) is 0 Å². The van der Waals surface area contributed by atoms with Crippen molar-refractivity contribution in [2.45, 2.75) is 0 Å². The third-order valence-electron chi connectivity index (χ3n) is 7.89. The lowest BCUT2D eigenvalue weighted by Crippen LogP contribution is -1.91. The van der Waals surface area contributed by atoms with Gasteiger partial charge in [-0.2, -0.15) is 0 Å². The van der Waals surface area contributed by atoms with E-state index in [1.165, 1.54) is 0 Å². The van der Waals surface area contributed by atoms with E-state index in [1.807, 2.05) is 72.8 Å². The Labute approximate surface area is 253 Å². The third kappa shape index (κ3) is 3.33. The number of rotatable bonds is 3. The fourth-order valence-electron chi connectivity index (χ4n) is 6.11. The van der Waals surface area contributed by atoms with Crippen molar-refractivity contribution in [3.05, 3.63) is 145 Å². The van der Waals surface area contributed by atoms with Crippen LogP contribution in [0.4, 0.5) is 0 Å². The minimum Gasteiger partial charge on any atom is -0.455 e. The maximum absolute atomic E-state index is 9.33. The molecule has 2 aromatic heterocycles. The molecule has 42 heavy (non-hydrogen) atoms. The highest BCUT2D eigenvalue weighted by atomic mass is 16.3. The average molecular weight is 545 g/mol. The van der Waals surface area contributed by atoms with Crippen LogP contribution < -0.4 is 0 Å². The molecule has 2 nitrogen and oxygen atoms in total. The average Bonchev–Trinajstić information content (AvgIpc) is 3.76. The number of furan rings is 2. The molecule has 0 N–H and O–H groups in total. The highest BCUT2D eigenvalue weighted by Gasteiger charge is 2.23. The third-order valence-corrected chi connectivity index (χ3v) is 7.89. The normalized spacial score (nSPS) is 14.5. The first-order chi connectivity index (χ1) is 24.2. The van der Waals surface area contributed by atoms with Gasteiger partial charge in [0.25, 0.3) is 0 Å². The minimum absolute atomic E-state index is 0.125. The number of fused-ring (bicyclic) bond motifs is 7. The summed E-state index contributed by atoms with van der Waals surface area (Å²) in [5.41, 5.74) is 3.83. The summed E-state index contributed by atoms with van der Waals surface area (Å²) >= 11 is 0. The van der Waals surface area contributed by atoms with E-state index >= 15 is 0 Å². The summed E-state index contributed by atoms with van der Waals surface area (Å²) in [5.74, 6) is 0.613. The predicted molar refractivity (Wildman–Crippen MR) is 175 cm³/mol. The van der Waals surface area contributed by atoms with E-state index in [1.54, 1.807) is 24.3 Å². The number of benzene rings is 7. The lowest BCUT2D eigenvalue weighted by molar-refractivity contribution is 0.633. The molecule has 0 amide bonds. The van der Waals surface area contributed by atoms with Crippen LogP contribution in [0.2, 0.25) is 0 Å². The molecule has 7 aromatic carbocycles. The van der Waals surface area contributed by atoms with Gasteiger partial charge < -0.3 is 8.83 Å². The van der Waals surface area contributed by atoms with Crippen molar-refractivity contribution < 1.29 is 19.8 Å². The topological polar surface area (TPSA) is 26.3 Å². The Morgan fingerprint density at radius 1 is 0.476 bits per heavy atom. The van der Waals surface area contributed by atoms with Gasteiger partial charge in [-0.15, -0.1) is 0 Å². The number of hydrogen-bond acceptors (Lipinski definition) is 2. The highest BCUT2D eigenvalue weighted by molar-refractivity contribution is 6.27. The second-order valence-corrected chi connectivity index (χ2v) is 10.2. The van der Waals surface area contributed by atoms with Crippen molar-refractivity contribution in [2.75, 3.05) is 0 Å². The fourth-order valence-corrected chi connectivity index (χ4v) is 6.11. The van der Waals surface area contributed by atoms with E-state index in [4.69, 9.17) is 14.3 Å². The minimum atomic E-state index is -0.459. The van der Waals surface area contributed by atoms with Gasteiger partial charge in [-0.25, -0.2) is 0 Å². The molecule has 2 heteroatoms. The first-order valence-corrected chi connectivity index (χ1v) is 13.6. The van der Waals surface area contributed by atoms with Crippen molar-refractivity contribution >= 4 is 54.5 Å². The number of para-hydroxylation sites is 1. The molecule has 0 saturated carbocycles. The Bertz CT molecular complexity index is 2810. The van der Waals surface area contributed by atoms with Gasteiger partial charge in [0.05, 0.1) is 16.4 Å². The van der Waals surface area contributed by atoms with Crippen LogP contribution in [-0.4, -0.2) is 0 Å². The van der Waals surface area contributed by atoms with Gasteiger partial charge in [0.2, 0.25) is 0 Å². The van der Waals surface area contributed by atoms with Gasteiger partial charge in [0.15, 0.2) is 0 Å². The maximum atomic E-state index is 9.33. The van der Waals surface area contributed by atoms with Crippen LogP contribution in [0.5, 0.6) is 0 Å². The summed E-state index contributed by atoms with van der Waals surface area (Å²) < 4.78 is 85.2. The lowest BCUT2D eigenvalue weighted by atomic mass is 9.85. The molecule has 0 spiro atoms. The van der Waals surface area contributed by atoms with Crippen LogP contribution >= 0.6 is 0 Å². The van der Waals surface area contributed by atoms with Crippen molar-refractivity contribution in [3.63, 3.8) is 0 Å². The molecule has 0 bridgehead atoms. The van der Waals surface area contributed by atoms with Crippen LogP contribution in [0, 0.1) is 0 Å². The summed E-state index contributed by atoms with van der Waals surface area (Å²) in [5, 5.41) is 2.65. The Morgan fingerprint density at radius 3 is 1.71 bits per heavy atom. The van der Waals surface area contributed by atoms with Crippen molar-refractivity contribution in [1.29, 1.82) is 0 Å². The second-order valence-electron chi connectivity index (χ2n) is 10.2. The van der Waals surface area contributed by atoms with Gasteiger partial charge in [0.1, 0.15) is 22.5 Å². The van der Waals surface area contributed by atoms with Crippen LogP contribution in [-0.2, 0) is 0 Å². The SMILES string of the molecule is [2H]c1c([2H])c([2H])c2c(-c3cc4cc(-c5ccccc5)oc4c4c3oc3ccccc34)c3c([2H])c([2H])c([2H])c([2H])c3c(-c3ccccc3)c2c1[2H]. The first kappa shape index (κ1) is 16.6. The zero-order valence-electron chi connectivity index (χ0n) is 30.1. The molecule has 0 unspecified atom stereocenters. The van der Waals surface area contributed by atoms with Crippen molar-refractivity contribution in [3.8, 4) is 33.6 Å². The lowest BCUT2D eigenvalue weighted by Gasteiger charge is -2.18. The maximum Gasteiger partial charge on any atom is 0.147 e. The van der Waals surface area contributed by atoms with Gasteiger partial charge in [-0.3, -0.25) is 0 Å². The van der Waals surface area contributed by atoms with Gasteiger partial charge in [-0.1, -0.05) is 127 Å². The first-order valence-electron chi connectivity index (χ1n) is 17.6. The van der Waals surface area contributed by atoms with E-state index in [2.05, 4.69) is 0 Å². The molecule has 196 valence electrons. The monoisotopic (exact) mass is 544 g/mol. The van der Waals surface area contributed by atoms with E-state index in [-0.39, 0.29) is 51.3 Å². The van der Waals surface area contributed by atoms with Gasteiger partial charge in [-0.05, 0) is 50.9 Å². The quantitative estimate of drug-likeness (QED) is 0.207. The molecular weight excluding hydrogens is 512 g/mol. The molecule has 0 aliphatic heterocycles. The molecule has 0 fully saturated rings. The fraction of sp³-hybridized carbons (Fsp3) is 0. The van der Waals surface area contributed by atoms with E-state index in [9.17, 15) is 5.48 Å². The molecule has 0 saturated heterocycles. The summed E-state index contributed by atoms with van der Waals surface area (Å²) in [7, 11) is 0. The van der Waals surface area contributed by atoms with Crippen molar-refractivity contribution in [1.82, 2.24) is 0 Å². The van der Waals surface area contributed by atoms with Crippen LogP contribution in [0.3, 0.4) is 0 Å². The molecular formula is C40H24O2. The van der Waals surface area contributed by atoms with E-state index < -0.39 is 24.2 Å². The highest BCUT2D eigenvalue weighted by Crippen LogP contribution is 2.49. The van der Waals surface area contributed by atoms with E-state index in [0.29, 0.717) is 50.0 Å². The summed E-state index contributed by atoms with van der Waals surface area (Å²) in [6, 6.07) is 26.7. The van der Waals surface area contributed by atoms with Gasteiger partial charge in [0, 0.05) is 27.5 Å². The van der Waals surface area contributed by atoms with E-state index in [0.717, 1.165) is 10.9 Å². The van der Waals surface area contributed by atoms with Crippen LogP contribution in [0.15, 0.2) is 154 Å². The molecule has 0 radical (unpaired) electrons. The Hall–Kier alpha value is -5.60. The molecule has 9 rings (SSSR count). The zero-order valence-corrected chi connectivity index (χ0v) is 22.1. The largest absolute Gasteiger partial charge is 0.455 e. The summed E-state index contributed by atoms with van der Waals surface area (Å²) in [4.78, 5) is 0. The predicted octanol–water partition coefficient (Wildman–Crippen LogP) is 11.6. The van der Waals surface area contributed by atoms with Crippen LogP contribution in [0.25, 0.3) is 88.0 Å². The molecule has 2 heterocycles. The second kappa shape index (κ2) is 8.95. The molecule has 9 aromatic rings. The standard InChI is InChI=1S/C40H24O2/c1-3-13-25(14-4-1)35-24-27-23-33(40-38(39(27)42-35)32-21-11-12-22-34(32)41-40)37-30-19-9-7-17-28(30)36(26-15-5-2-6-16-26)29-18-8-10-20-31(29)37/h1-24H/i7D,8D,9D,10D,17D,18D,19D,20D. The Balaban J connectivity index is 1.59. The Kier molecular flexibility index (Phi) is 3.54. The summed E-state index contributed by atoms with van der Waals surface area (Å²) in [6.07, 6.45) is 0. The zero-order chi connectivity index (χ0) is 34.6. The van der Waals surface area contributed by atoms with Gasteiger partial charge >= 0.3 is 0 Å². The van der Waals surface area contributed by atoms with Crippen LogP contribution in [0.1, 0.15) is 11.0 Å². The summed E-state index contributed by atoms with van der Waals surface area (Å²) in [6.45, 7) is 0. The molecule has 0 aliphatic carbocycles.